The maximum absolute atomic E-state index is 13.3. The summed E-state index contributed by atoms with van der Waals surface area (Å²) >= 11 is 0. The van der Waals surface area contributed by atoms with Crippen LogP contribution in [0.5, 0.6) is 5.75 Å². The number of hydrogen-bond donors (Lipinski definition) is 1. The zero-order valence-electron chi connectivity index (χ0n) is 21.2. The molecule has 3 fully saturated rings. The van der Waals surface area contributed by atoms with Gasteiger partial charge in [0.1, 0.15) is 11.5 Å². The molecule has 0 aliphatic heterocycles. The average Bonchev–Trinajstić information content (AvgIpc) is 3.08. The van der Waals surface area contributed by atoms with Crippen molar-refractivity contribution in [1.29, 1.82) is 0 Å². The molecule has 4 aliphatic rings. The van der Waals surface area contributed by atoms with E-state index < -0.39 is 0 Å². The lowest BCUT2D eigenvalue weighted by Crippen LogP contribution is -2.44. The van der Waals surface area contributed by atoms with E-state index in [0.29, 0.717) is 48.3 Å². The summed E-state index contributed by atoms with van der Waals surface area (Å²) in [5.41, 5.74) is 2.73. The maximum Gasteiger partial charge on any atom is 0.220 e. The molecule has 1 aromatic rings. The van der Waals surface area contributed by atoms with Crippen LogP contribution in [0.1, 0.15) is 107 Å². The van der Waals surface area contributed by atoms with Gasteiger partial charge in [0.25, 0.3) is 0 Å². The first-order valence-electron chi connectivity index (χ1n) is 14.0. The highest BCUT2D eigenvalue weighted by molar-refractivity contribution is 5.88. The van der Waals surface area contributed by atoms with Crippen molar-refractivity contribution in [1.82, 2.24) is 5.32 Å². The number of aryl methyl sites for hydroxylation is 1. The molecule has 4 nitrogen and oxygen atoms in total. The number of ether oxygens (including phenoxy) is 1. The van der Waals surface area contributed by atoms with E-state index in [9.17, 15) is 9.59 Å². The molecule has 0 aromatic heterocycles. The van der Waals surface area contributed by atoms with Crippen LogP contribution < -0.4 is 10.1 Å². The summed E-state index contributed by atoms with van der Waals surface area (Å²) in [5.74, 6) is 3.50. The van der Waals surface area contributed by atoms with Crippen LogP contribution in [0, 0.1) is 23.2 Å². The third-order valence-corrected chi connectivity index (χ3v) is 9.99. The molecule has 3 saturated carbocycles. The number of benzene rings is 1. The largest absolute Gasteiger partial charge is 0.497 e. The molecule has 4 aliphatic carbocycles. The Morgan fingerprint density at radius 3 is 2.62 bits per heavy atom. The third kappa shape index (κ3) is 4.54. The van der Waals surface area contributed by atoms with Gasteiger partial charge < -0.3 is 10.1 Å². The Morgan fingerprint density at radius 1 is 1.09 bits per heavy atom. The lowest BCUT2D eigenvalue weighted by molar-refractivity contribution is -0.129. The first-order valence-corrected chi connectivity index (χ1v) is 14.0. The zero-order valence-corrected chi connectivity index (χ0v) is 21.2. The van der Waals surface area contributed by atoms with Crippen molar-refractivity contribution >= 4 is 11.7 Å². The van der Waals surface area contributed by atoms with Crippen LogP contribution in [0.3, 0.4) is 0 Å². The summed E-state index contributed by atoms with van der Waals surface area (Å²) in [6.07, 6.45) is 15.1. The Morgan fingerprint density at radius 2 is 1.85 bits per heavy atom. The van der Waals surface area contributed by atoms with Gasteiger partial charge in [-0.05, 0) is 91.9 Å². The molecule has 0 radical (unpaired) electrons. The first-order chi connectivity index (χ1) is 16.5. The second-order valence-corrected chi connectivity index (χ2v) is 11.9. The molecule has 0 heterocycles. The van der Waals surface area contributed by atoms with Crippen molar-refractivity contribution in [2.24, 2.45) is 23.2 Å². The van der Waals surface area contributed by atoms with Crippen LogP contribution in [0.15, 0.2) is 18.2 Å². The van der Waals surface area contributed by atoms with Crippen molar-refractivity contribution in [2.75, 3.05) is 7.11 Å². The lowest BCUT2D eigenvalue weighted by atomic mass is 9.54. The number of Topliss-reactive ketones (excluding diaryl/α,β-unsaturated/α-hetero) is 1. The molecule has 34 heavy (non-hydrogen) atoms. The normalized spacial score (nSPS) is 33.8. The summed E-state index contributed by atoms with van der Waals surface area (Å²) in [6, 6.07) is 6.96. The molecule has 0 spiro atoms. The molecule has 0 unspecified atom stereocenters. The standard InChI is InChI=1S/C30H43NO3/c1-30-17-16-25-24-14-12-23(34-2)18-20(24)10-13-26(25)29(30)21(19-27(30)32)11-15-28(33)31-22-8-6-4-3-5-7-9-22/h12,14,18,21-22,25-26,29H,3-11,13,15-17,19H2,1-2H3,(H,31,33)/t21-,25-,26-,29+,30-/m1/s1. The van der Waals surface area contributed by atoms with Crippen molar-refractivity contribution in [3.8, 4) is 5.75 Å². The molecule has 1 aromatic carbocycles. The number of hydrogen-bond acceptors (Lipinski definition) is 3. The van der Waals surface area contributed by atoms with Crippen molar-refractivity contribution in [2.45, 2.75) is 109 Å². The van der Waals surface area contributed by atoms with Crippen LogP contribution in [0.2, 0.25) is 0 Å². The van der Waals surface area contributed by atoms with Gasteiger partial charge in [-0.2, -0.15) is 0 Å². The summed E-state index contributed by atoms with van der Waals surface area (Å²) in [7, 11) is 1.74. The maximum atomic E-state index is 13.3. The highest BCUT2D eigenvalue weighted by Gasteiger charge is 2.58. The van der Waals surface area contributed by atoms with E-state index in [4.69, 9.17) is 4.74 Å². The second-order valence-electron chi connectivity index (χ2n) is 11.9. The van der Waals surface area contributed by atoms with Crippen molar-refractivity contribution in [3.05, 3.63) is 29.3 Å². The molecule has 1 amide bonds. The third-order valence-electron chi connectivity index (χ3n) is 9.99. The van der Waals surface area contributed by atoms with Crippen molar-refractivity contribution in [3.63, 3.8) is 0 Å². The fourth-order valence-electron chi connectivity index (χ4n) is 8.23. The quantitative estimate of drug-likeness (QED) is 0.551. The van der Waals surface area contributed by atoms with E-state index >= 15 is 0 Å². The predicted octanol–water partition coefficient (Wildman–Crippen LogP) is 6.36. The molecule has 1 N–H and O–H groups in total. The second kappa shape index (κ2) is 10.0. The number of nitrogens with one attached hydrogen (secondary N) is 1. The highest BCUT2D eigenvalue weighted by atomic mass is 16.5. The molecule has 5 rings (SSSR count). The minimum absolute atomic E-state index is 0.189. The fourth-order valence-corrected chi connectivity index (χ4v) is 8.23. The summed E-state index contributed by atoms with van der Waals surface area (Å²) < 4.78 is 5.47. The number of fused-ring (bicyclic) bond motifs is 5. The number of carbonyl (C=O) groups is 2. The summed E-state index contributed by atoms with van der Waals surface area (Å²) in [5, 5.41) is 3.35. The van der Waals surface area contributed by atoms with E-state index in [-0.39, 0.29) is 11.3 Å². The highest BCUT2D eigenvalue weighted by Crippen LogP contribution is 2.62. The van der Waals surface area contributed by atoms with E-state index in [2.05, 4.69) is 30.4 Å². The molecular weight excluding hydrogens is 422 g/mol. The van der Waals surface area contributed by atoms with Crippen LogP contribution in [0.4, 0.5) is 0 Å². The minimum Gasteiger partial charge on any atom is -0.497 e. The monoisotopic (exact) mass is 465 g/mol. The molecule has 0 bridgehead atoms. The summed E-state index contributed by atoms with van der Waals surface area (Å²) in [4.78, 5) is 26.1. The predicted molar refractivity (Wildman–Crippen MR) is 135 cm³/mol. The lowest BCUT2D eigenvalue weighted by Gasteiger charge is -2.50. The molecule has 5 atom stereocenters. The van der Waals surface area contributed by atoms with E-state index in [1.165, 1.54) is 43.2 Å². The zero-order chi connectivity index (χ0) is 23.7. The fraction of sp³-hybridized carbons (Fsp3) is 0.733. The van der Waals surface area contributed by atoms with Gasteiger partial charge >= 0.3 is 0 Å². The van der Waals surface area contributed by atoms with Crippen LogP contribution in [-0.4, -0.2) is 24.8 Å². The van der Waals surface area contributed by atoms with E-state index in [0.717, 1.165) is 50.7 Å². The smallest absolute Gasteiger partial charge is 0.220 e. The van der Waals surface area contributed by atoms with Gasteiger partial charge in [-0.15, -0.1) is 0 Å². The van der Waals surface area contributed by atoms with E-state index in [1.807, 2.05) is 0 Å². The average molecular weight is 466 g/mol. The molecule has 0 saturated heterocycles. The van der Waals surface area contributed by atoms with Crippen LogP contribution in [0.25, 0.3) is 0 Å². The van der Waals surface area contributed by atoms with Crippen molar-refractivity contribution < 1.29 is 14.3 Å². The van der Waals surface area contributed by atoms with Gasteiger partial charge in [0.05, 0.1) is 7.11 Å². The molecular formula is C30H43NO3. The van der Waals surface area contributed by atoms with Gasteiger partial charge in [0.2, 0.25) is 5.91 Å². The SMILES string of the molecule is COc1ccc2c(c1)CC[C@H]1[C@@H]3[C@H](CCC(=O)NC4CCCCCCC4)CC(=O)[C@@]3(C)CC[C@H]21. The Hall–Kier alpha value is -1.84. The van der Waals surface area contributed by atoms with Gasteiger partial charge in [0, 0.05) is 24.3 Å². The minimum atomic E-state index is -0.189. The summed E-state index contributed by atoms with van der Waals surface area (Å²) in [6.45, 7) is 2.24. The van der Waals surface area contributed by atoms with Gasteiger partial charge in [0.15, 0.2) is 0 Å². The number of methoxy groups -OCH3 is 1. The molecule has 4 heteroatoms. The Labute approximate surface area is 205 Å². The Balaban J connectivity index is 1.26. The van der Waals surface area contributed by atoms with Crippen LogP contribution >= 0.6 is 0 Å². The number of rotatable bonds is 5. The first kappa shape index (κ1) is 23.9. The Kier molecular flexibility index (Phi) is 7.04. The van der Waals surface area contributed by atoms with E-state index in [1.54, 1.807) is 7.11 Å². The number of ketones is 1. The Bertz CT molecular complexity index is 902. The molecule has 186 valence electrons. The topological polar surface area (TPSA) is 55.4 Å². The van der Waals surface area contributed by atoms with Crippen LogP contribution in [-0.2, 0) is 16.0 Å². The van der Waals surface area contributed by atoms with Gasteiger partial charge in [-0.3, -0.25) is 9.59 Å². The van der Waals surface area contributed by atoms with Gasteiger partial charge in [-0.1, -0.05) is 45.1 Å². The number of carbonyl (C=O) groups excluding carboxylic acids is 2. The van der Waals surface area contributed by atoms with Gasteiger partial charge in [-0.25, -0.2) is 0 Å². The number of amides is 1.